The number of hydrogen-bond donors (Lipinski definition) is 1. The molecule has 0 aliphatic heterocycles. The summed E-state index contributed by atoms with van der Waals surface area (Å²) in [6.07, 6.45) is -10.0. The monoisotopic (exact) mass is 423 g/mol. The third-order valence-corrected chi connectivity index (χ3v) is 5.26. The Morgan fingerprint density at radius 1 is 0.926 bits per heavy atom. The third kappa shape index (κ3) is 4.03. The molecular weight excluding hydrogens is 416 g/mol. The molecule has 27 heavy (non-hydrogen) atoms. The second kappa shape index (κ2) is 6.72. The Hall–Kier alpha value is -2.26. The number of benzene rings is 2. The molecule has 142 valence electrons. The topological polar surface area (TPSA) is 29.1 Å². The zero-order valence-corrected chi connectivity index (χ0v) is 14.6. The lowest BCUT2D eigenvalue weighted by atomic mass is 10.1. The summed E-state index contributed by atoms with van der Waals surface area (Å²) >= 11 is 7.10. The smallest absolute Gasteiger partial charge is 0.321 e. The molecule has 2 aromatic carbocycles. The molecule has 2 nitrogen and oxygen atoms in total. The van der Waals surface area contributed by atoms with Crippen molar-refractivity contribution >= 4 is 44.6 Å². The van der Waals surface area contributed by atoms with Gasteiger partial charge in [0.25, 0.3) is 5.91 Å². The van der Waals surface area contributed by atoms with E-state index in [0.29, 0.717) is 22.2 Å². The van der Waals surface area contributed by atoms with Crippen LogP contribution in [0.1, 0.15) is 20.8 Å². The lowest BCUT2D eigenvalue weighted by Crippen LogP contribution is -2.15. The minimum Gasteiger partial charge on any atom is -0.321 e. The zero-order valence-electron chi connectivity index (χ0n) is 13.0. The van der Waals surface area contributed by atoms with Gasteiger partial charge in [0, 0.05) is 15.8 Å². The molecule has 0 aliphatic carbocycles. The van der Waals surface area contributed by atoms with Crippen LogP contribution >= 0.6 is 22.9 Å². The van der Waals surface area contributed by atoms with Crippen molar-refractivity contribution in [1.82, 2.24) is 0 Å². The van der Waals surface area contributed by atoms with E-state index in [1.54, 1.807) is 24.3 Å². The fourth-order valence-corrected chi connectivity index (χ4v) is 3.79. The Labute approximate surface area is 157 Å². The van der Waals surface area contributed by atoms with Crippen molar-refractivity contribution < 1.29 is 31.1 Å². The van der Waals surface area contributed by atoms with Crippen LogP contribution in [0.25, 0.3) is 10.1 Å². The molecular formula is C17H8ClF6NOS. The largest absolute Gasteiger partial charge is 0.416 e. The van der Waals surface area contributed by atoms with E-state index in [1.165, 1.54) is 0 Å². The van der Waals surface area contributed by atoms with E-state index in [0.717, 1.165) is 11.3 Å². The van der Waals surface area contributed by atoms with Crippen LogP contribution in [0.5, 0.6) is 0 Å². The van der Waals surface area contributed by atoms with E-state index in [1.807, 2.05) is 0 Å². The fourth-order valence-electron chi connectivity index (χ4n) is 2.38. The van der Waals surface area contributed by atoms with Crippen LogP contribution in [-0.4, -0.2) is 5.91 Å². The number of amides is 1. The van der Waals surface area contributed by atoms with Gasteiger partial charge in [-0.3, -0.25) is 4.79 Å². The van der Waals surface area contributed by atoms with Crippen molar-refractivity contribution in [1.29, 1.82) is 0 Å². The second-order valence-electron chi connectivity index (χ2n) is 5.49. The van der Waals surface area contributed by atoms with E-state index in [4.69, 9.17) is 11.6 Å². The summed E-state index contributed by atoms with van der Waals surface area (Å²) in [5.74, 6) is -0.895. The predicted molar refractivity (Wildman–Crippen MR) is 91.2 cm³/mol. The molecule has 1 aromatic heterocycles. The molecule has 0 aliphatic rings. The average molecular weight is 424 g/mol. The molecule has 3 aromatic rings. The first-order valence-electron chi connectivity index (χ1n) is 7.24. The van der Waals surface area contributed by atoms with Crippen molar-refractivity contribution in [3.8, 4) is 0 Å². The Morgan fingerprint density at radius 2 is 1.48 bits per heavy atom. The highest BCUT2D eigenvalue weighted by Gasteiger charge is 2.37. The SMILES string of the molecule is O=C(Nc1cc(C(F)(F)F)cc(C(F)(F)F)c1)c1sc2ccccc2c1Cl. The van der Waals surface area contributed by atoms with Gasteiger partial charge in [0.15, 0.2) is 0 Å². The van der Waals surface area contributed by atoms with E-state index in [9.17, 15) is 31.1 Å². The van der Waals surface area contributed by atoms with Gasteiger partial charge < -0.3 is 5.32 Å². The fraction of sp³-hybridized carbons (Fsp3) is 0.118. The first-order chi connectivity index (χ1) is 12.5. The lowest BCUT2D eigenvalue weighted by molar-refractivity contribution is -0.143. The number of carbonyl (C=O) groups is 1. The molecule has 0 fully saturated rings. The molecule has 0 bridgehead atoms. The number of alkyl halides is 6. The molecule has 0 spiro atoms. The highest BCUT2D eigenvalue weighted by molar-refractivity contribution is 7.21. The van der Waals surface area contributed by atoms with Crippen LogP contribution in [0.3, 0.4) is 0 Å². The number of carbonyl (C=O) groups excluding carboxylic acids is 1. The molecule has 0 saturated carbocycles. The molecule has 3 rings (SSSR count). The molecule has 1 heterocycles. The summed E-state index contributed by atoms with van der Waals surface area (Å²) < 4.78 is 78.1. The molecule has 1 amide bonds. The standard InChI is InChI=1S/C17H8ClF6NOS/c18-13-11-3-1-2-4-12(11)27-14(13)15(26)25-10-6-8(16(19,20)21)5-9(7-10)17(22,23)24/h1-7H,(H,25,26). The number of thiophene rings is 1. The summed E-state index contributed by atoms with van der Waals surface area (Å²) in [4.78, 5) is 12.4. The number of fused-ring (bicyclic) bond motifs is 1. The van der Waals surface area contributed by atoms with Gasteiger partial charge in [0.1, 0.15) is 4.88 Å². The number of hydrogen-bond acceptors (Lipinski definition) is 2. The molecule has 0 atom stereocenters. The Kier molecular flexibility index (Phi) is 4.85. The van der Waals surface area contributed by atoms with Gasteiger partial charge in [-0.1, -0.05) is 29.8 Å². The first-order valence-corrected chi connectivity index (χ1v) is 8.44. The third-order valence-electron chi connectivity index (χ3n) is 3.59. The lowest BCUT2D eigenvalue weighted by Gasteiger charge is -2.14. The maximum atomic E-state index is 12.9. The van der Waals surface area contributed by atoms with Gasteiger partial charge in [0.2, 0.25) is 0 Å². The van der Waals surface area contributed by atoms with E-state index in [2.05, 4.69) is 5.32 Å². The van der Waals surface area contributed by atoms with Crippen molar-refractivity contribution in [2.75, 3.05) is 5.32 Å². The minimum absolute atomic E-state index is 0.0103. The van der Waals surface area contributed by atoms with E-state index in [-0.39, 0.29) is 16.0 Å². The highest BCUT2D eigenvalue weighted by Crippen LogP contribution is 2.39. The van der Waals surface area contributed by atoms with Gasteiger partial charge in [-0.2, -0.15) is 26.3 Å². The summed E-state index contributed by atoms with van der Waals surface area (Å²) in [6.45, 7) is 0. The Morgan fingerprint density at radius 3 is 2.00 bits per heavy atom. The van der Waals surface area contributed by atoms with Crippen LogP contribution < -0.4 is 5.32 Å². The minimum atomic E-state index is -5.00. The summed E-state index contributed by atoms with van der Waals surface area (Å²) in [5.41, 5.74) is -3.67. The highest BCUT2D eigenvalue weighted by atomic mass is 35.5. The number of nitrogens with one attached hydrogen (secondary N) is 1. The van der Waals surface area contributed by atoms with Crippen LogP contribution in [0.4, 0.5) is 32.0 Å². The molecule has 10 heteroatoms. The van der Waals surface area contributed by atoms with Gasteiger partial charge in [-0.15, -0.1) is 11.3 Å². The van der Waals surface area contributed by atoms with Gasteiger partial charge in [-0.05, 0) is 24.3 Å². The number of rotatable bonds is 2. The van der Waals surface area contributed by atoms with Crippen LogP contribution in [0.15, 0.2) is 42.5 Å². The maximum Gasteiger partial charge on any atom is 0.416 e. The number of halogens is 7. The summed E-state index contributed by atoms with van der Waals surface area (Å²) in [6, 6.07) is 7.60. The van der Waals surface area contributed by atoms with E-state index < -0.39 is 35.1 Å². The molecule has 0 saturated heterocycles. The number of anilines is 1. The maximum absolute atomic E-state index is 12.9. The quantitative estimate of drug-likeness (QED) is 0.449. The molecule has 0 unspecified atom stereocenters. The zero-order chi connectivity index (χ0) is 20.0. The van der Waals surface area contributed by atoms with Crippen molar-refractivity contribution in [2.45, 2.75) is 12.4 Å². The van der Waals surface area contributed by atoms with Crippen molar-refractivity contribution in [3.63, 3.8) is 0 Å². The van der Waals surface area contributed by atoms with Gasteiger partial charge in [-0.25, -0.2) is 0 Å². The van der Waals surface area contributed by atoms with Crippen LogP contribution in [0, 0.1) is 0 Å². The predicted octanol–water partition coefficient (Wildman–Crippen LogP) is 6.84. The average Bonchev–Trinajstić information content (AvgIpc) is 2.90. The van der Waals surface area contributed by atoms with Crippen molar-refractivity contribution in [3.05, 3.63) is 63.5 Å². The van der Waals surface area contributed by atoms with E-state index >= 15 is 0 Å². The van der Waals surface area contributed by atoms with Crippen LogP contribution in [-0.2, 0) is 12.4 Å². The summed E-state index contributed by atoms with van der Waals surface area (Å²) in [5, 5.41) is 2.72. The van der Waals surface area contributed by atoms with Gasteiger partial charge >= 0.3 is 12.4 Å². The molecule has 1 N–H and O–H groups in total. The first kappa shape index (κ1) is 19.5. The van der Waals surface area contributed by atoms with Gasteiger partial charge in [0.05, 0.1) is 16.1 Å². The van der Waals surface area contributed by atoms with Crippen LogP contribution in [0.2, 0.25) is 5.02 Å². The Balaban J connectivity index is 2.01. The second-order valence-corrected chi connectivity index (χ2v) is 6.92. The Bertz CT molecular complexity index is 992. The normalized spacial score (nSPS) is 12.4. The summed E-state index contributed by atoms with van der Waals surface area (Å²) in [7, 11) is 0. The molecule has 0 radical (unpaired) electrons. The van der Waals surface area contributed by atoms with Crippen molar-refractivity contribution in [2.24, 2.45) is 0 Å².